The maximum Gasteiger partial charge on any atom is 0.164 e. The lowest BCUT2D eigenvalue weighted by atomic mass is 9.95. The Kier molecular flexibility index (Phi) is 7.41. The topological polar surface area (TPSA) is 56.7 Å². The van der Waals surface area contributed by atoms with E-state index in [1.54, 1.807) is 11.3 Å². The van der Waals surface area contributed by atoms with Crippen LogP contribution in [0.15, 0.2) is 199 Å². The molecule has 13 rings (SSSR count). The highest BCUT2D eigenvalue weighted by molar-refractivity contribution is 7.25. The number of benzene rings is 9. The van der Waals surface area contributed by atoms with E-state index in [0.29, 0.717) is 17.5 Å². The van der Waals surface area contributed by atoms with Crippen LogP contribution in [0.1, 0.15) is 0 Å². The number of nitrogens with zero attached hydrogens (tertiary/aromatic N) is 4. The van der Waals surface area contributed by atoms with Crippen molar-refractivity contribution in [3.63, 3.8) is 0 Å². The fourth-order valence-electron chi connectivity index (χ4n) is 9.30. The predicted molar refractivity (Wildman–Crippen MR) is 254 cm³/mol. The van der Waals surface area contributed by atoms with Crippen molar-refractivity contribution in [3.05, 3.63) is 194 Å². The van der Waals surface area contributed by atoms with E-state index >= 15 is 0 Å². The number of para-hydroxylation sites is 2. The van der Waals surface area contributed by atoms with Gasteiger partial charge in [-0.25, -0.2) is 15.0 Å². The maximum atomic E-state index is 6.50. The lowest BCUT2D eigenvalue weighted by Gasteiger charge is -2.17. The second kappa shape index (κ2) is 13.3. The molecule has 0 radical (unpaired) electrons. The van der Waals surface area contributed by atoms with Crippen molar-refractivity contribution >= 4 is 86.0 Å². The maximum absolute atomic E-state index is 6.50. The molecule has 0 N–H and O–H groups in total. The first kappa shape index (κ1) is 34.0. The second-order valence-electron chi connectivity index (χ2n) is 15.5. The van der Waals surface area contributed by atoms with Crippen molar-refractivity contribution in [1.29, 1.82) is 0 Å². The number of fused-ring (bicyclic) bond motifs is 10. The molecule has 0 aliphatic heterocycles. The first-order valence-corrected chi connectivity index (χ1v) is 21.2. The number of thiophene rings is 1. The summed E-state index contributed by atoms with van der Waals surface area (Å²) >= 11 is 1.79. The average Bonchev–Trinajstić information content (AvgIpc) is 4.00. The minimum Gasteiger partial charge on any atom is -0.456 e. The Hall–Kier alpha value is -7.93. The summed E-state index contributed by atoms with van der Waals surface area (Å²) in [7, 11) is 0. The monoisotopic (exact) mass is 796 g/mol. The molecular formula is C55H32N4OS. The van der Waals surface area contributed by atoms with E-state index in [1.807, 2.05) is 30.3 Å². The lowest BCUT2D eigenvalue weighted by molar-refractivity contribution is 0.669. The van der Waals surface area contributed by atoms with Crippen molar-refractivity contribution < 1.29 is 4.42 Å². The van der Waals surface area contributed by atoms with E-state index in [4.69, 9.17) is 19.4 Å². The summed E-state index contributed by atoms with van der Waals surface area (Å²) in [4.78, 5) is 15.8. The van der Waals surface area contributed by atoms with Crippen molar-refractivity contribution in [2.45, 2.75) is 0 Å². The van der Waals surface area contributed by atoms with E-state index in [0.717, 1.165) is 71.9 Å². The van der Waals surface area contributed by atoms with E-state index in [9.17, 15) is 0 Å². The van der Waals surface area contributed by atoms with Crippen LogP contribution in [-0.2, 0) is 0 Å². The smallest absolute Gasteiger partial charge is 0.164 e. The summed E-state index contributed by atoms with van der Waals surface area (Å²) in [6.07, 6.45) is 0. The average molecular weight is 797 g/mol. The summed E-state index contributed by atoms with van der Waals surface area (Å²) in [5, 5.41) is 9.33. The zero-order chi connectivity index (χ0) is 40.0. The molecule has 4 heterocycles. The third kappa shape index (κ3) is 5.29. The Morgan fingerprint density at radius 2 is 1.03 bits per heavy atom. The number of hydrogen-bond acceptors (Lipinski definition) is 5. The van der Waals surface area contributed by atoms with E-state index < -0.39 is 0 Å². The summed E-state index contributed by atoms with van der Waals surface area (Å²) in [5.41, 5.74) is 9.94. The van der Waals surface area contributed by atoms with E-state index in [-0.39, 0.29) is 0 Å². The van der Waals surface area contributed by atoms with Gasteiger partial charge in [0.05, 0.1) is 16.7 Å². The lowest BCUT2D eigenvalue weighted by Crippen LogP contribution is -2.02. The zero-order valence-electron chi connectivity index (χ0n) is 32.6. The summed E-state index contributed by atoms with van der Waals surface area (Å²) < 4.78 is 11.4. The van der Waals surface area contributed by atoms with Gasteiger partial charge >= 0.3 is 0 Å². The molecule has 0 amide bonds. The van der Waals surface area contributed by atoms with Gasteiger partial charge in [-0.3, -0.25) is 0 Å². The molecule has 0 saturated heterocycles. The van der Waals surface area contributed by atoms with Crippen LogP contribution in [0.25, 0.3) is 126 Å². The normalized spacial score (nSPS) is 11.9. The third-order valence-electron chi connectivity index (χ3n) is 12.0. The van der Waals surface area contributed by atoms with E-state index in [2.05, 4.69) is 168 Å². The van der Waals surface area contributed by atoms with Crippen LogP contribution in [0.4, 0.5) is 0 Å². The molecule has 0 saturated carbocycles. The molecule has 0 aliphatic rings. The van der Waals surface area contributed by atoms with Crippen LogP contribution < -0.4 is 0 Å². The quantitative estimate of drug-likeness (QED) is 0.174. The molecule has 4 aromatic heterocycles. The molecule has 5 nitrogen and oxygen atoms in total. The number of rotatable bonds is 5. The molecular weight excluding hydrogens is 765 g/mol. The third-order valence-corrected chi connectivity index (χ3v) is 13.2. The Balaban J connectivity index is 1.12. The van der Waals surface area contributed by atoms with E-state index in [1.165, 1.54) is 36.3 Å². The van der Waals surface area contributed by atoms with Crippen LogP contribution >= 0.6 is 11.3 Å². The molecule has 284 valence electrons. The van der Waals surface area contributed by atoms with Crippen LogP contribution in [0.3, 0.4) is 0 Å². The summed E-state index contributed by atoms with van der Waals surface area (Å²) in [6.45, 7) is 0. The van der Waals surface area contributed by atoms with Crippen LogP contribution in [0.2, 0.25) is 0 Å². The van der Waals surface area contributed by atoms with Crippen LogP contribution in [-0.4, -0.2) is 19.5 Å². The highest BCUT2D eigenvalue weighted by atomic mass is 32.1. The molecule has 0 fully saturated rings. The van der Waals surface area contributed by atoms with Gasteiger partial charge in [-0.1, -0.05) is 133 Å². The molecule has 0 atom stereocenters. The summed E-state index contributed by atoms with van der Waals surface area (Å²) in [5.74, 6) is 1.87. The highest BCUT2D eigenvalue weighted by Crippen LogP contribution is 2.44. The number of aromatic nitrogens is 4. The largest absolute Gasteiger partial charge is 0.456 e. The van der Waals surface area contributed by atoms with Gasteiger partial charge in [0.15, 0.2) is 17.5 Å². The van der Waals surface area contributed by atoms with Crippen molar-refractivity contribution in [2.24, 2.45) is 0 Å². The predicted octanol–water partition coefficient (Wildman–Crippen LogP) is 15.1. The highest BCUT2D eigenvalue weighted by Gasteiger charge is 2.22. The van der Waals surface area contributed by atoms with Crippen LogP contribution in [0, 0.1) is 0 Å². The molecule has 0 spiro atoms. The van der Waals surface area contributed by atoms with Gasteiger partial charge in [-0.2, -0.15) is 0 Å². The van der Waals surface area contributed by atoms with Crippen molar-refractivity contribution in [2.75, 3.05) is 0 Å². The Morgan fingerprint density at radius 1 is 0.377 bits per heavy atom. The first-order chi connectivity index (χ1) is 30.2. The zero-order valence-corrected chi connectivity index (χ0v) is 33.4. The van der Waals surface area contributed by atoms with Crippen molar-refractivity contribution in [3.8, 4) is 51.0 Å². The SMILES string of the molecule is c1ccc(-c2nc(-c3ccc(-n4c5ccccc5c5cc6ccccc6cc54)c(-c4cccc5oc6ccccc6c45)c3)nc(-c3cccc4sc5ccccc5c34)n2)cc1. The van der Waals surface area contributed by atoms with Gasteiger partial charge in [0.25, 0.3) is 0 Å². The Labute approximate surface area is 353 Å². The minimum absolute atomic E-state index is 0.602. The molecule has 9 aromatic carbocycles. The molecule has 0 unspecified atom stereocenters. The Bertz CT molecular complexity index is 3900. The molecule has 0 aliphatic carbocycles. The molecule has 13 aromatic rings. The fourth-order valence-corrected chi connectivity index (χ4v) is 10.4. The second-order valence-corrected chi connectivity index (χ2v) is 16.6. The molecule has 61 heavy (non-hydrogen) atoms. The Morgan fingerprint density at radius 3 is 1.92 bits per heavy atom. The van der Waals surface area contributed by atoms with Gasteiger partial charge in [0, 0.05) is 64.0 Å². The minimum atomic E-state index is 0.602. The molecule has 0 bridgehead atoms. The van der Waals surface area contributed by atoms with Gasteiger partial charge in [0.2, 0.25) is 0 Å². The standard InChI is InChI=1S/C55H32N4OS/c1-2-14-33(15-3-1)53-56-54(58-55(57-53)41-22-13-27-50-52(41)40-20-8-11-26-49(40)61-50)36-28-29-45(43(31-36)38-21-12-25-48-51(38)39-19-7-10-24-47(39)60-48)59-44-23-9-6-18-37(44)42-30-34-16-4-5-17-35(34)32-46(42)59/h1-32H. The van der Waals surface area contributed by atoms with Gasteiger partial charge in [-0.05, 0) is 77.0 Å². The van der Waals surface area contributed by atoms with Crippen molar-refractivity contribution in [1.82, 2.24) is 19.5 Å². The molecule has 6 heteroatoms. The van der Waals surface area contributed by atoms with Crippen LogP contribution in [0.5, 0.6) is 0 Å². The fraction of sp³-hybridized carbons (Fsp3) is 0. The number of hydrogen-bond donors (Lipinski definition) is 0. The number of furan rings is 1. The summed E-state index contributed by atoms with van der Waals surface area (Å²) in [6, 6.07) is 68.6. The van der Waals surface area contributed by atoms with Gasteiger partial charge in [-0.15, -0.1) is 11.3 Å². The van der Waals surface area contributed by atoms with Gasteiger partial charge in [0.1, 0.15) is 11.2 Å². The van der Waals surface area contributed by atoms with Gasteiger partial charge < -0.3 is 8.98 Å². The first-order valence-electron chi connectivity index (χ1n) is 20.4.